The third kappa shape index (κ3) is 7.31. The summed E-state index contributed by atoms with van der Waals surface area (Å²) < 4.78 is 0. The van der Waals surface area contributed by atoms with Crippen LogP contribution in [0.5, 0.6) is 0 Å². The SMILES string of the molecule is Cc1ccccc1N1CCN(c2cc(Cl)nc(SCC(=O)NC(Cc3ccccc3)c3ccccc3)n2)CC1. The van der Waals surface area contributed by atoms with Gasteiger partial charge in [-0.3, -0.25) is 4.79 Å². The Kier molecular flexibility index (Phi) is 9.01. The van der Waals surface area contributed by atoms with Gasteiger partial charge in [-0.2, -0.15) is 0 Å². The molecule has 39 heavy (non-hydrogen) atoms. The first-order valence-corrected chi connectivity index (χ1v) is 14.5. The number of hydrogen-bond donors (Lipinski definition) is 1. The number of carbonyl (C=O) groups is 1. The van der Waals surface area contributed by atoms with Gasteiger partial charge < -0.3 is 15.1 Å². The van der Waals surface area contributed by atoms with E-state index in [9.17, 15) is 4.79 Å². The Bertz CT molecular complexity index is 1380. The first-order valence-electron chi connectivity index (χ1n) is 13.2. The summed E-state index contributed by atoms with van der Waals surface area (Å²) >= 11 is 7.69. The number of rotatable bonds is 9. The fourth-order valence-electron chi connectivity index (χ4n) is 4.86. The van der Waals surface area contributed by atoms with Crippen LogP contribution in [0.1, 0.15) is 22.7 Å². The molecule has 1 fully saturated rings. The third-order valence-electron chi connectivity index (χ3n) is 6.87. The molecule has 1 saturated heterocycles. The quantitative estimate of drug-likeness (QED) is 0.156. The van der Waals surface area contributed by atoms with E-state index in [4.69, 9.17) is 16.6 Å². The molecule has 8 heteroatoms. The van der Waals surface area contributed by atoms with E-state index in [1.54, 1.807) is 6.07 Å². The molecular weight excluding hydrogens is 526 g/mol. The topological polar surface area (TPSA) is 61.4 Å². The lowest BCUT2D eigenvalue weighted by molar-refractivity contribution is -0.119. The van der Waals surface area contributed by atoms with Crippen LogP contribution in [0.4, 0.5) is 11.5 Å². The van der Waals surface area contributed by atoms with E-state index in [0.29, 0.717) is 16.7 Å². The molecular formula is C31H32ClN5OS. The molecule has 6 nitrogen and oxygen atoms in total. The van der Waals surface area contributed by atoms with Crippen molar-refractivity contribution < 1.29 is 4.79 Å². The zero-order valence-corrected chi connectivity index (χ0v) is 23.5. The number of aryl methyl sites for hydroxylation is 1. The Morgan fingerprint density at radius 2 is 1.54 bits per heavy atom. The van der Waals surface area contributed by atoms with Crippen LogP contribution >= 0.6 is 23.4 Å². The highest BCUT2D eigenvalue weighted by Gasteiger charge is 2.21. The molecule has 0 bridgehead atoms. The molecule has 1 amide bonds. The number of anilines is 2. The maximum atomic E-state index is 13.0. The summed E-state index contributed by atoms with van der Waals surface area (Å²) in [6.07, 6.45) is 0.716. The Hall–Kier alpha value is -3.55. The lowest BCUT2D eigenvalue weighted by atomic mass is 9.99. The normalized spacial score (nSPS) is 14.2. The van der Waals surface area contributed by atoms with Crippen molar-refractivity contribution in [2.45, 2.75) is 24.5 Å². The van der Waals surface area contributed by atoms with Crippen molar-refractivity contribution >= 4 is 40.8 Å². The number of benzene rings is 3. The van der Waals surface area contributed by atoms with Gasteiger partial charge in [-0.05, 0) is 36.1 Å². The van der Waals surface area contributed by atoms with Crippen LogP contribution in [-0.2, 0) is 11.2 Å². The number of halogens is 1. The van der Waals surface area contributed by atoms with Gasteiger partial charge in [0.2, 0.25) is 5.91 Å². The van der Waals surface area contributed by atoms with Gasteiger partial charge in [-0.1, -0.05) is 102 Å². The summed E-state index contributed by atoms with van der Waals surface area (Å²) in [6, 6.07) is 30.4. The Balaban J connectivity index is 1.20. The van der Waals surface area contributed by atoms with E-state index in [1.165, 1.54) is 28.6 Å². The number of nitrogens with one attached hydrogen (secondary N) is 1. The molecule has 1 unspecified atom stereocenters. The van der Waals surface area contributed by atoms with Crippen molar-refractivity contribution in [2.75, 3.05) is 41.7 Å². The van der Waals surface area contributed by atoms with E-state index >= 15 is 0 Å². The van der Waals surface area contributed by atoms with Gasteiger partial charge >= 0.3 is 0 Å². The minimum Gasteiger partial charge on any atom is -0.368 e. The first kappa shape index (κ1) is 27.0. The third-order valence-corrected chi connectivity index (χ3v) is 7.91. The number of amides is 1. The molecule has 1 aliphatic heterocycles. The molecule has 0 aliphatic carbocycles. The number of hydrogen-bond acceptors (Lipinski definition) is 6. The van der Waals surface area contributed by atoms with E-state index in [-0.39, 0.29) is 17.7 Å². The molecule has 0 spiro atoms. The van der Waals surface area contributed by atoms with Crippen LogP contribution in [0, 0.1) is 6.92 Å². The molecule has 1 aliphatic rings. The molecule has 1 atom stereocenters. The van der Waals surface area contributed by atoms with Gasteiger partial charge in [0.25, 0.3) is 0 Å². The molecule has 200 valence electrons. The second-order valence-electron chi connectivity index (χ2n) is 9.60. The number of nitrogens with zero attached hydrogens (tertiary/aromatic N) is 4. The smallest absolute Gasteiger partial charge is 0.230 e. The second kappa shape index (κ2) is 13.0. The summed E-state index contributed by atoms with van der Waals surface area (Å²) in [6.45, 7) is 5.63. The highest BCUT2D eigenvalue weighted by atomic mass is 35.5. The van der Waals surface area contributed by atoms with Crippen molar-refractivity contribution in [1.29, 1.82) is 0 Å². The average molecular weight is 558 g/mol. The summed E-state index contributed by atoms with van der Waals surface area (Å²) in [7, 11) is 0. The van der Waals surface area contributed by atoms with Crippen molar-refractivity contribution in [3.8, 4) is 0 Å². The van der Waals surface area contributed by atoms with E-state index in [2.05, 4.69) is 63.4 Å². The van der Waals surface area contributed by atoms with Gasteiger partial charge in [0.05, 0.1) is 11.8 Å². The van der Waals surface area contributed by atoms with Crippen molar-refractivity contribution in [1.82, 2.24) is 15.3 Å². The lowest BCUT2D eigenvalue weighted by Crippen LogP contribution is -2.47. The van der Waals surface area contributed by atoms with Crippen LogP contribution in [0.15, 0.2) is 96.2 Å². The maximum Gasteiger partial charge on any atom is 0.230 e. The molecule has 5 rings (SSSR count). The molecule has 0 radical (unpaired) electrons. The molecule has 0 saturated carbocycles. The zero-order chi connectivity index (χ0) is 27.0. The number of para-hydroxylation sites is 1. The average Bonchev–Trinajstić information content (AvgIpc) is 2.97. The van der Waals surface area contributed by atoms with Crippen molar-refractivity contribution in [2.24, 2.45) is 0 Å². The predicted octanol–water partition coefficient (Wildman–Crippen LogP) is 5.96. The fraction of sp³-hybridized carbons (Fsp3) is 0.258. The number of piperazine rings is 1. The number of aromatic nitrogens is 2. The van der Waals surface area contributed by atoms with Gasteiger partial charge in [0.15, 0.2) is 5.16 Å². The summed E-state index contributed by atoms with van der Waals surface area (Å²) in [5.74, 6) is 0.939. The van der Waals surface area contributed by atoms with E-state index in [0.717, 1.165) is 37.6 Å². The highest BCUT2D eigenvalue weighted by Crippen LogP contribution is 2.26. The minimum absolute atomic E-state index is 0.0678. The van der Waals surface area contributed by atoms with Gasteiger partial charge in [-0.25, -0.2) is 9.97 Å². The predicted molar refractivity (Wildman–Crippen MR) is 161 cm³/mol. The van der Waals surface area contributed by atoms with Crippen molar-refractivity contribution in [3.05, 3.63) is 113 Å². The highest BCUT2D eigenvalue weighted by molar-refractivity contribution is 7.99. The van der Waals surface area contributed by atoms with Crippen LogP contribution < -0.4 is 15.1 Å². The standard InChI is InChI=1S/C31H32ClN5OS/c1-23-10-8-9-15-27(23)36-16-18-37(19-17-36)29-21-28(32)34-31(35-29)39-22-30(38)33-26(25-13-6-3-7-14-25)20-24-11-4-2-5-12-24/h2-15,21,26H,16-20,22H2,1H3,(H,33,38). The van der Waals surface area contributed by atoms with Crippen molar-refractivity contribution in [3.63, 3.8) is 0 Å². The van der Waals surface area contributed by atoms with E-state index in [1.807, 2.05) is 48.5 Å². The van der Waals surface area contributed by atoms with E-state index < -0.39 is 0 Å². The van der Waals surface area contributed by atoms with Gasteiger partial charge in [0.1, 0.15) is 11.0 Å². The maximum absolute atomic E-state index is 13.0. The molecule has 4 aromatic rings. The Morgan fingerprint density at radius 1 is 0.897 bits per heavy atom. The van der Waals surface area contributed by atoms with Crippen LogP contribution in [0.2, 0.25) is 5.15 Å². The lowest BCUT2D eigenvalue weighted by Gasteiger charge is -2.37. The zero-order valence-electron chi connectivity index (χ0n) is 22.0. The summed E-state index contributed by atoms with van der Waals surface area (Å²) in [5, 5.41) is 4.10. The molecule has 1 N–H and O–H groups in total. The number of thioether (sulfide) groups is 1. The first-order chi connectivity index (χ1) is 19.0. The molecule has 3 aromatic carbocycles. The largest absolute Gasteiger partial charge is 0.368 e. The minimum atomic E-state index is -0.123. The van der Waals surface area contributed by atoms with Crippen LogP contribution in [0.3, 0.4) is 0 Å². The molecule has 2 heterocycles. The Morgan fingerprint density at radius 3 is 2.26 bits per heavy atom. The molecule has 1 aromatic heterocycles. The van der Waals surface area contributed by atoms with Gasteiger partial charge in [0, 0.05) is 37.9 Å². The van der Waals surface area contributed by atoms with Crippen LogP contribution in [0.25, 0.3) is 0 Å². The monoisotopic (exact) mass is 557 g/mol. The van der Waals surface area contributed by atoms with Gasteiger partial charge in [-0.15, -0.1) is 0 Å². The van der Waals surface area contributed by atoms with Crippen LogP contribution in [-0.4, -0.2) is 47.8 Å². The summed E-state index contributed by atoms with van der Waals surface area (Å²) in [5.41, 5.74) is 4.81. The fourth-order valence-corrected chi connectivity index (χ4v) is 5.75. The number of carbonyl (C=O) groups excluding carboxylic acids is 1. The Labute approximate surface area is 239 Å². The second-order valence-corrected chi connectivity index (χ2v) is 10.9. The summed E-state index contributed by atoms with van der Waals surface area (Å²) in [4.78, 5) is 26.8.